The van der Waals surface area contributed by atoms with Crippen LogP contribution in [0.5, 0.6) is 0 Å². The molecular weight excluding hydrogens is 255 g/mol. The molecule has 1 aromatic rings. The van der Waals surface area contributed by atoms with Gasteiger partial charge in [-0.1, -0.05) is 25.5 Å². The fourth-order valence-corrected chi connectivity index (χ4v) is 3.18. The minimum Gasteiger partial charge on any atom is -0.395 e. The SMILES string of the molecule is CCC(N)C(c1cccc(F)c1)N1CCCCC1CO. The van der Waals surface area contributed by atoms with Crippen LogP contribution < -0.4 is 5.73 Å². The largest absolute Gasteiger partial charge is 0.395 e. The second-order valence-electron chi connectivity index (χ2n) is 5.64. The molecule has 3 nitrogen and oxygen atoms in total. The fourth-order valence-electron chi connectivity index (χ4n) is 3.18. The molecule has 4 heteroatoms. The Labute approximate surface area is 120 Å². The first-order valence-corrected chi connectivity index (χ1v) is 7.55. The van der Waals surface area contributed by atoms with Gasteiger partial charge in [-0.3, -0.25) is 4.90 Å². The lowest BCUT2D eigenvalue weighted by Crippen LogP contribution is -2.49. The topological polar surface area (TPSA) is 49.5 Å². The molecule has 3 atom stereocenters. The van der Waals surface area contributed by atoms with Crippen LogP contribution >= 0.6 is 0 Å². The zero-order valence-electron chi connectivity index (χ0n) is 12.1. The van der Waals surface area contributed by atoms with Crippen LogP contribution in [-0.2, 0) is 0 Å². The molecule has 0 aromatic heterocycles. The van der Waals surface area contributed by atoms with E-state index in [1.807, 2.05) is 6.07 Å². The maximum absolute atomic E-state index is 13.5. The average Bonchev–Trinajstić information content (AvgIpc) is 2.48. The number of rotatable bonds is 5. The first-order chi connectivity index (χ1) is 9.67. The van der Waals surface area contributed by atoms with Crippen LogP contribution in [0.15, 0.2) is 24.3 Å². The third-order valence-corrected chi connectivity index (χ3v) is 4.31. The number of hydrogen-bond donors (Lipinski definition) is 2. The van der Waals surface area contributed by atoms with E-state index in [9.17, 15) is 9.50 Å². The molecule has 2 rings (SSSR count). The lowest BCUT2D eigenvalue weighted by molar-refractivity contribution is 0.0415. The first-order valence-electron chi connectivity index (χ1n) is 7.55. The molecule has 1 saturated heterocycles. The number of aliphatic hydroxyl groups is 1. The summed E-state index contributed by atoms with van der Waals surface area (Å²) in [7, 11) is 0. The van der Waals surface area contributed by atoms with Crippen molar-refractivity contribution in [2.45, 2.75) is 50.7 Å². The molecule has 3 unspecified atom stereocenters. The zero-order valence-corrected chi connectivity index (χ0v) is 12.1. The molecule has 20 heavy (non-hydrogen) atoms. The Hall–Kier alpha value is -0.970. The highest BCUT2D eigenvalue weighted by Gasteiger charge is 2.32. The molecule has 0 bridgehead atoms. The molecule has 0 radical (unpaired) electrons. The number of benzene rings is 1. The summed E-state index contributed by atoms with van der Waals surface area (Å²) >= 11 is 0. The van der Waals surface area contributed by atoms with Crippen molar-refractivity contribution in [3.05, 3.63) is 35.6 Å². The highest BCUT2D eigenvalue weighted by Crippen LogP contribution is 2.31. The minimum absolute atomic E-state index is 0.0202. The number of piperidine rings is 1. The Kier molecular flexibility index (Phi) is 5.52. The molecule has 3 N–H and O–H groups in total. The molecule has 1 aromatic carbocycles. The predicted octanol–water partition coefficient (Wildman–Crippen LogP) is 2.45. The van der Waals surface area contributed by atoms with E-state index >= 15 is 0 Å². The van der Waals surface area contributed by atoms with Crippen molar-refractivity contribution in [2.24, 2.45) is 5.73 Å². The van der Waals surface area contributed by atoms with Gasteiger partial charge in [0, 0.05) is 12.1 Å². The van der Waals surface area contributed by atoms with Crippen molar-refractivity contribution in [3.63, 3.8) is 0 Å². The molecule has 1 fully saturated rings. The number of hydrogen-bond acceptors (Lipinski definition) is 3. The summed E-state index contributed by atoms with van der Waals surface area (Å²) in [5.41, 5.74) is 7.22. The zero-order chi connectivity index (χ0) is 14.5. The summed E-state index contributed by atoms with van der Waals surface area (Å²) in [6, 6.07) is 6.76. The average molecular weight is 280 g/mol. The summed E-state index contributed by atoms with van der Waals surface area (Å²) in [6.07, 6.45) is 4.06. The number of halogens is 1. The van der Waals surface area contributed by atoms with Crippen molar-refractivity contribution in [2.75, 3.05) is 13.2 Å². The summed E-state index contributed by atoms with van der Waals surface area (Å²) < 4.78 is 13.5. The van der Waals surface area contributed by atoms with E-state index < -0.39 is 0 Å². The van der Waals surface area contributed by atoms with Crippen LogP contribution in [0.2, 0.25) is 0 Å². The van der Waals surface area contributed by atoms with Crippen molar-refractivity contribution in [1.82, 2.24) is 4.90 Å². The highest BCUT2D eigenvalue weighted by atomic mass is 19.1. The van der Waals surface area contributed by atoms with E-state index in [4.69, 9.17) is 5.73 Å². The lowest BCUT2D eigenvalue weighted by Gasteiger charge is -2.43. The van der Waals surface area contributed by atoms with Gasteiger partial charge in [0.1, 0.15) is 5.82 Å². The number of nitrogens with zero attached hydrogens (tertiary/aromatic N) is 1. The number of aliphatic hydroxyl groups excluding tert-OH is 1. The molecule has 0 spiro atoms. The minimum atomic E-state index is -0.228. The predicted molar refractivity (Wildman–Crippen MR) is 78.8 cm³/mol. The van der Waals surface area contributed by atoms with Gasteiger partial charge in [-0.25, -0.2) is 4.39 Å². The highest BCUT2D eigenvalue weighted by molar-refractivity contribution is 5.22. The van der Waals surface area contributed by atoms with Crippen LogP contribution in [0.1, 0.15) is 44.2 Å². The van der Waals surface area contributed by atoms with E-state index in [2.05, 4.69) is 11.8 Å². The molecule has 1 aliphatic heterocycles. The fraction of sp³-hybridized carbons (Fsp3) is 0.625. The van der Waals surface area contributed by atoms with Gasteiger partial charge >= 0.3 is 0 Å². The third kappa shape index (κ3) is 3.37. The van der Waals surface area contributed by atoms with Gasteiger partial charge in [0.15, 0.2) is 0 Å². The normalized spacial score (nSPS) is 23.5. The Morgan fingerprint density at radius 1 is 1.45 bits per heavy atom. The molecular formula is C16H25FN2O. The number of likely N-dealkylation sites (tertiary alicyclic amines) is 1. The van der Waals surface area contributed by atoms with Gasteiger partial charge in [-0.05, 0) is 43.5 Å². The van der Waals surface area contributed by atoms with Crippen molar-refractivity contribution < 1.29 is 9.50 Å². The summed E-state index contributed by atoms with van der Waals surface area (Å²) in [4.78, 5) is 2.27. The van der Waals surface area contributed by atoms with E-state index in [1.165, 1.54) is 6.07 Å². The van der Waals surface area contributed by atoms with E-state index in [0.717, 1.165) is 37.8 Å². The lowest BCUT2D eigenvalue weighted by atomic mass is 9.91. The van der Waals surface area contributed by atoms with E-state index in [1.54, 1.807) is 12.1 Å². The van der Waals surface area contributed by atoms with E-state index in [-0.39, 0.29) is 30.5 Å². The van der Waals surface area contributed by atoms with Crippen molar-refractivity contribution >= 4 is 0 Å². The van der Waals surface area contributed by atoms with Crippen LogP contribution in [0.25, 0.3) is 0 Å². The second kappa shape index (κ2) is 7.16. The van der Waals surface area contributed by atoms with Crippen molar-refractivity contribution in [3.8, 4) is 0 Å². The van der Waals surface area contributed by atoms with Gasteiger partial charge in [0.05, 0.1) is 12.6 Å². The van der Waals surface area contributed by atoms with Gasteiger partial charge in [0.25, 0.3) is 0 Å². The molecule has 112 valence electrons. The Bertz CT molecular complexity index is 427. The summed E-state index contributed by atoms with van der Waals surface area (Å²) in [6.45, 7) is 3.11. The molecule has 0 amide bonds. The van der Waals surface area contributed by atoms with Gasteiger partial charge in [-0.15, -0.1) is 0 Å². The Morgan fingerprint density at radius 2 is 2.25 bits per heavy atom. The quantitative estimate of drug-likeness (QED) is 0.871. The Morgan fingerprint density at radius 3 is 2.90 bits per heavy atom. The molecule has 0 aliphatic carbocycles. The molecule has 1 aliphatic rings. The van der Waals surface area contributed by atoms with Crippen molar-refractivity contribution in [1.29, 1.82) is 0 Å². The van der Waals surface area contributed by atoms with Gasteiger partial charge in [-0.2, -0.15) is 0 Å². The maximum Gasteiger partial charge on any atom is 0.123 e. The van der Waals surface area contributed by atoms with Crippen LogP contribution in [0.4, 0.5) is 4.39 Å². The maximum atomic E-state index is 13.5. The van der Waals surface area contributed by atoms with E-state index in [0.29, 0.717) is 0 Å². The number of nitrogens with two attached hydrogens (primary N) is 1. The van der Waals surface area contributed by atoms with Crippen LogP contribution in [0, 0.1) is 5.82 Å². The second-order valence-corrected chi connectivity index (χ2v) is 5.64. The standard InChI is InChI=1S/C16H25FN2O/c1-2-15(18)16(12-6-5-7-13(17)10-12)19-9-4-3-8-14(19)11-20/h5-7,10,14-16,20H,2-4,8-9,11,18H2,1H3. The third-order valence-electron chi connectivity index (χ3n) is 4.31. The van der Waals surface area contributed by atoms with Gasteiger partial charge in [0.2, 0.25) is 0 Å². The molecule has 1 heterocycles. The Balaban J connectivity index is 2.31. The monoisotopic (exact) mass is 280 g/mol. The smallest absolute Gasteiger partial charge is 0.123 e. The molecule has 0 saturated carbocycles. The van der Waals surface area contributed by atoms with Crippen LogP contribution in [-0.4, -0.2) is 35.2 Å². The summed E-state index contributed by atoms with van der Waals surface area (Å²) in [5, 5.41) is 9.61. The van der Waals surface area contributed by atoms with Crippen LogP contribution in [0.3, 0.4) is 0 Å². The van der Waals surface area contributed by atoms with Gasteiger partial charge < -0.3 is 10.8 Å². The first kappa shape index (κ1) is 15.4. The summed E-state index contributed by atoms with van der Waals surface area (Å²) in [5.74, 6) is -0.228.